The molecule has 0 fully saturated rings. The molecule has 0 aliphatic carbocycles. The minimum Gasteiger partial charge on any atom is -0.383 e. The van der Waals surface area contributed by atoms with Gasteiger partial charge >= 0.3 is 0 Å². The van der Waals surface area contributed by atoms with Crippen molar-refractivity contribution in [3.63, 3.8) is 0 Å². The number of benzene rings is 11. The molecule has 0 radical (unpaired) electrons. The Balaban J connectivity index is 0.937. The first-order chi connectivity index (χ1) is 37.6. The van der Waals surface area contributed by atoms with Crippen LogP contribution in [0.3, 0.4) is 0 Å². The van der Waals surface area contributed by atoms with Crippen LogP contribution in [0.15, 0.2) is 259 Å². The van der Waals surface area contributed by atoms with Crippen LogP contribution in [-0.2, 0) is 6.54 Å². The van der Waals surface area contributed by atoms with Gasteiger partial charge in [-0.15, -0.1) is 22.7 Å². The highest BCUT2D eigenvalue weighted by Gasteiger charge is 2.22. The number of rotatable bonds is 8. The van der Waals surface area contributed by atoms with E-state index in [9.17, 15) is 0 Å². The Labute approximate surface area is 446 Å². The van der Waals surface area contributed by atoms with Crippen LogP contribution >= 0.6 is 22.7 Å². The fourth-order valence-electron chi connectivity index (χ4n) is 11.5. The fourth-order valence-corrected chi connectivity index (χ4v) is 14.0. The van der Waals surface area contributed by atoms with Crippen LogP contribution in [0, 0.1) is 0 Å². The van der Waals surface area contributed by atoms with Crippen LogP contribution in [0.5, 0.6) is 0 Å². The molecule has 0 spiro atoms. The van der Waals surface area contributed by atoms with E-state index in [2.05, 4.69) is 221 Å². The Bertz CT molecular complexity index is 4830. The molecule has 2 N–H and O–H groups in total. The molecule has 76 heavy (non-hydrogen) atoms. The number of nitrogens with zero attached hydrogens (tertiary/aromatic N) is 4. The molecule has 15 aromatic rings. The van der Waals surface area contributed by atoms with Crippen molar-refractivity contribution in [3.8, 4) is 33.6 Å². The highest BCUT2D eigenvalue weighted by molar-refractivity contribution is 7.26. The Morgan fingerprint density at radius 3 is 1.45 bits per heavy atom. The van der Waals surface area contributed by atoms with Crippen molar-refractivity contribution in [1.82, 2.24) is 9.13 Å². The lowest BCUT2D eigenvalue weighted by atomic mass is 9.93. The van der Waals surface area contributed by atoms with E-state index in [4.69, 9.17) is 15.7 Å². The van der Waals surface area contributed by atoms with E-state index in [0.717, 1.165) is 50.3 Å². The van der Waals surface area contributed by atoms with Gasteiger partial charge < -0.3 is 14.9 Å². The van der Waals surface area contributed by atoms with E-state index < -0.39 is 0 Å². The second kappa shape index (κ2) is 17.9. The quantitative estimate of drug-likeness (QED) is 0.120. The molecule has 15 rings (SSSR count). The molecule has 0 saturated heterocycles. The van der Waals surface area contributed by atoms with Gasteiger partial charge in [-0.3, -0.25) is 4.99 Å². The second-order valence-electron chi connectivity index (χ2n) is 19.4. The normalized spacial score (nSPS) is 12.5. The van der Waals surface area contributed by atoms with Gasteiger partial charge in [-0.2, -0.15) is 0 Å². The Kier molecular flexibility index (Phi) is 10.4. The maximum absolute atomic E-state index is 7.48. The first-order valence-corrected chi connectivity index (χ1v) is 27.3. The molecule has 7 heteroatoms. The van der Waals surface area contributed by atoms with Crippen molar-refractivity contribution in [3.05, 3.63) is 265 Å². The molecule has 11 aromatic carbocycles. The second-order valence-corrected chi connectivity index (χ2v) is 21.5. The summed E-state index contributed by atoms with van der Waals surface area (Å²) in [6.45, 7) is 0.470. The average Bonchev–Trinajstić information content (AvgIpc) is 4.24. The summed E-state index contributed by atoms with van der Waals surface area (Å²) in [5.41, 5.74) is 21.8. The lowest BCUT2D eigenvalue weighted by Gasteiger charge is -2.14. The molecule has 0 aliphatic heterocycles. The number of amidine groups is 2. The van der Waals surface area contributed by atoms with Gasteiger partial charge in [-0.1, -0.05) is 182 Å². The molecule has 0 aliphatic rings. The lowest BCUT2D eigenvalue weighted by Crippen LogP contribution is -2.18. The number of para-hydroxylation sites is 4. The summed E-state index contributed by atoms with van der Waals surface area (Å²) in [6.07, 6.45) is 0. The van der Waals surface area contributed by atoms with Crippen molar-refractivity contribution in [2.45, 2.75) is 6.54 Å². The smallest absolute Gasteiger partial charge is 0.157 e. The summed E-state index contributed by atoms with van der Waals surface area (Å²) < 4.78 is 9.71. The van der Waals surface area contributed by atoms with Crippen molar-refractivity contribution < 1.29 is 0 Å². The molecule has 4 heterocycles. The van der Waals surface area contributed by atoms with E-state index in [1.54, 1.807) is 0 Å². The molecule has 0 unspecified atom stereocenters. The minimum absolute atomic E-state index is 0.402. The number of nitrogens with two attached hydrogens (primary N) is 1. The number of hydrogen-bond donors (Lipinski definition) is 1. The third-order valence-electron chi connectivity index (χ3n) is 15.0. The highest BCUT2D eigenvalue weighted by Crippen LogP contribution is 2.47. The number of hydrogen-bond acceptors (Lipinski definition) is 3. The molecule has 358 valence electrons. The summed E-state index contributed by atoms with van der Waals surface area (Å²) >= 11 is 3.69. The van der Waals surface area contributed by atoms with Crippen LogP contribution in [0.4, 0.5) is 0 Å². The zero-order valence-electron chi connectivity index (χ0n) is 41.1. The van der Waals surface area contributed by atoms with Crippen LogP contribution in [-0.4, -0.2) is 20.8 Å². The zero-order chi connectivity index (χ0) is 50.3. The molecule has 0 saturated carbocycles. The first-order valence-electron chi connectivity index (χ1n) is 25.6. The van der Waals surface area contributed by atoms with Gasteiger partial charge in [-0.25, -0.2) is 4.99 Å². The van der Waals surface area contributed by atoms with E-state index in [0.29, 0.717) is 18.2 Å². The van der Waals surface area contributed by atoms with Crippen molar-refractivity contribution >= 4 is 118 Å². The SMILES string of the molecule is NC(=NC(=NCc1ccccc1)c1ccccc1)c1cc(-c2cccc3c2sc2cc4c(cc23)c2ccccc2n4-c2ccccc2)ccc1-c1cccc2c1sc1cc3c(cc12)c1ccccc1n3-c1ccccc1. The van der Waals surface area contributed by atoms with E-state index >= 15 is 0 Å². The molecular weight excluding hydrogens is 963 g/mol. The zero-order valence-corrected chi connectivity index (χ0v) is 42.7. The van der Waals surface area contributed by atoms with Crippen molar-refractivity contribution in [2.75, 3.05) is 0 Å². The Hall–Kier alpha value is -9.40. The summed E-state index contributed by atoms with van der Waals surface area (Å²) in [5, 5.41) is 9.90. The molecular formula is C69H45N5S2. The standard InChI is InChI=1S/C69H45N5S2/c70-68(72-69(44-21-7-2-8-22-44)71-42-43-19-5-1-6-20-43)59-37-45(48-29-17-31-53-57-38-55-50-27-13-15-33-60(50)73(46-23-9-3-10-24-46)62(55)40-64(57)75-66(48)53)35-36-49(59)52-30-18-32-54-58-39-56-51-28-14-16-34-61(51)74(47-25-11-4-12-26-47)63(56)41-65(58)76-67(52)54/h1-41H,42H2,(H2,70,71,72). The minimum atomic E-state index is 0.402. The molecule has 0 atom stereocenters. The number of aliphatic imine (C=N–C) groups is 2. The Morgan fingerprint density at radius 2 is 0.868 bits per heavy atom. The van der Waals surface area contributed by atoms with Gasteiger partial charge in [0.15, 0.2) is 5.84 Å². The monoisotopic (exact) mass is 1010 g/mol. The highest BCUT2D eigenvalue weighted by atomic mass is 32.1. The maximum Gasteiger partial charge on any atom is 0.157 e. The van der Waals surface area contributed by atoms with E-state index in [1.165, 1.54) is 84.0 Å². The number of fused-ring (bicyclic) bond motifs is 12. The maximum atomic E-state index is 7.48. The van der Waals surface area contributed by atoms with Gasteiger partial charge in [0.05, 0.1) is 28.6 Å². The van der Waals surface area contributed by atoms with Gasteiger partial charge in [0.25, 0.3) is 0 Å². The van der Waals surface area contributed by atoms with E-state index in [-0.39, 0.29) is 0 Å². The van der Waals surface area contributed by atoms with Crippen molar-refractivity contribution in [1.29, 1.82) is 0 Å². The van der Waals surface area contributed by atoms with Crippen LogP contribution in [0.1, 0.15) is 16.7 Å². The van der Waals surface area contributed by atoms with Crippen LogP contribution in [0.2, 0.25) is 0 Å². The topological polar surface area (TPSA) is 60.6 Å². The van der Waals surface area contributed by atoms with Gasteiger partial charge in [0.1, 0.15) is 5.84 Å². The summed E-state index contributed by atoms with van der Waals surface area (Å²) in [7, 11) is 0. The molecule has 4 aromatic heterocycles. The summed E-state index contributed by atoms with van der Waals surface area (Å²) in [6, 6.07) is 89.2. The van der Waals surface area contributed by atoms with Gasteiger partial charge in [-0.05, 0) is 89.0 Å². The summed E-state index contributed by atoms with van der Waals surface area (Å²) in [5.74, 6) is 0.987. The first kappa shape index (κ1) is 44.1. The third kappa shape index (κ3) is 7.19. The molecule has 0 bridgehead atoms. The average molecular weight is 1010 g/mol. The van der Waals surface area contributed by atoms with Gasteiger partial charge in [0, 0.05) is 90.0 Å². The predicted molar refractivity (Wildman–Crippen MR) is 326 cm³/mol. The predicted octanol–water partition coefficient (Wildman–Crippen LogP) is 18.3. The number of thiophene rings is 2. The fraction of sp³-hybridized carbons (Fsp3) is 0.0145. The summed E-state index contributed by atoms with van der Waals surface area (Å²) in [4.78, 5) is 10.4. The Morgan fingerprint density at radius 1 is 0.382 bits per heavy atom. The van der Waals surface area contributed by atoms with Crippen LogP contribution in [0.25, 0.3) is 118 Å². The third-order valence-corrected chi connectivity index (χ3v) is 17.4. The molecule has 0 amide bonds. The van der Waals surface area contributed by atoms with Crippen molar-refractivity contribution in [2.24, 2.45) is 15.7 Å². The number of aromatic nitrogens is 2. The molecule has 5 nitrogen and oxygen atoms in total. The van der Waals surface area contributed by atoms with Crippen LogP contribution < -0.4 is 5.73 Å². The lowest BCUT2D eigenvalue weighted by molar-refractivity contribution is 1.06. The largest absolute Gasteiger partial charge is 0.383 e. The van der Waals surface area contributed by atoms with E-state index in [1.807, 2.05) is 59.1 Å². The van der Waals surface area contributed by atoms with Gasteiger partial charge in [0.2, 0.25) is 0 Å².